The Morgan fingerprint density at radius 1 is 1.30 bits per heavy atom. The molecule has 1 unspecified atom stereocenters. The van der Waals surface area contributed by atoms with E-state index in [0.717, 1.165) is 19.2 Å². The fourth-order valence-electron chi connectivity index (χ4n) is 2.08. The Labute approximate surface area is 113 Å². The fourth-order valence-corrected chi connectivity index (χ4v) is 2.08. The van der Waals surface area contributed by atoms with Crippen LogP contribution in [0, 0.1) is 11.6 Å². The molecule has 1 aliphatic heterocycles. The maximum absolute atomic E-state index is 13.8. The molecule has 5 nitrogen and oxygen atoms in total. The first-order valence-corrected chi connectivity index (χ1v) is 5.76. The maximum atomic E-state index is 13.8. The SMILES string of the molecule is COC(=O)C1=C(C)NC(=O)NC1c1c(F)cccc1F. The van der Waals surface area contributed by atoms with Crippen molar-refractivity contribution in [3.8, 4) is 0 Å². The van der Waals surface area contributed by atoms with Crippen LogP contribution in [0.25, 0.3) is 0 Å². The van der Waals surface area contributed by atoms with E-state index >= 15 is 0 Å². The molecule has 0 saturated carbocycles. The average molecular weight is 282 g/mol. The molecule has 2 rings (SSSR count). The lowest BCUT2D eigenvalue weighted by atomic mass is 9.94. The minimum atomic E-state index is -1.24. The zero-order chi connectivity index (χ0) is 14.9. The van der Waals surface area contributed by atoms with E-state index in [0.29, 0.717) is 0 Å². The molecule has 2 N–H and O–H groups in total. The van der Waals surface area contributed by atoms with Crippen molar-refractivity contribution in [1.82, 2.24) is 10.6 Å². The van der Waals surface area contributed by atoms with Gasteiger partial charge in [-0.25, -0.2) is 18.4 Å². The second kappa shape index (κ2) is 5.28. The van der Waals surface area contributed by atoms with E-state index in [2.05, 4.69) is 15.4 Å². The van der Waals surface area contributed by atoms with E-state index < -0.39 is 35.2 Å². The number of hydrogen-bond donors (Lipinski definition) is 2. The van der Waals surface area contributed by atoms with Crippen molar-refractivity contribution in [1.29, 1.82) is 0 Å². The van der Waals surface area contributed by atoms with Crippen LogP contribution in [-0.2, 0) is 9.53 Å². The van der Waals surface area contributed by atoms with Crippen molar-refractivity contribution in [3.05, 3.63) is 46.7 Å². The molecule has 1 atom stereocenters. The van der Waals surface area contributed by atoms with Gasteiger partial charge in [0.15, 0.2) is 0 Å². The van der Waals surface area contributed by atoms with Crippen LogP contribution in [0.15, 0.2) is 29.5 Å². The van der Waals surface area contributed by atoms with Crippen LogP contribution in [0.2, 0.25) is 0 Å². The van der Waals surface area contributed by atoms with Crippen molar-refractivity contribution in [3.63, 3.8) is 0 Å². The number of rotatable bonds is 2. The number of benzene rings is 1. The Hall–Kier alpha value is -2.44. The minimum Gasteiger partial charge on any atom is -0.466 e. The summed E-state index contributed by atoms with van der Waals surface area (Å²) in [4.78, 5) is 23.3. The van der Waals surface area contributed by atoms with Crippen LogP contribution in [-0.4, -0.2) is 19.1 Å². The second-order valence-electron chi connectivity index (χ2n) is 4.20. The standard InChI is InChI=1S/C13H12F2N2O3/c1-6-9(12(18)20-2)11(17-13(19)16-6)10-7(14)4-3-5-8(10)15/h3-5,11H,1-2H3,(H2,16,17,19). The number of hydrogen-bond acceptors (Lipinski definition) is 3. The molecule has 0 bridgehead atoms. The molecule has 7 heteroatoms. The van der Waals surface area contributed by atoms with Crippen LogP contribution < -0.4 is 10.6 Å². The van der Waals surface area contributed by atoms with E-state index in [9.17, 15) is 18.4 Å². The summed E-state index contributed by atoms with van der Waals surface area (Å²) in [5.41, 5.74) is -0.258. The quantitative estimate of drug-likeness (QED) is 0.812. The predicted molar refractivity (Wildman–Crippen MR) is 65.5 cm³/mol. The molecule has 0 spiro atoms. The maximum Gasteiger partial charge on any atom is 0.337 e. The van der Waals surface area contributed by atoms with E-state index in [-0.39, 0.29) is 11.3 Å². The molecule has 1 aromatic rings. The van der Waals surface area contributed by atoms with Gasteiger partial charge in [-0.3, -0.25) is 0 Å². The average Bonchev–Trinajstić information content (AvgIpc) is 2.37. The molecule has 20 heavy (non-hydrogen) atoms. The molecular formula is C13H12F2N2O3. The van der Waals surface area contributed by atoms with Crippen molar-refractivity contribution >= 4 is 12.0 Å². The Morgan fingerprint density at radius 2 is 1.90 bits per heavy atom. The van der Waals surface area contributed by atoms with Crippen molar-refractivity contribution in [2.45, 2.75) is 13.0 Å². The Morgan fingerprint density at radius 3 is 2.45 bits per heavy atom. The second-order valence-corrected chi connectivity index (χ2v) is 4.20. The molecule has 0 saturated heterocycles. The Kier molecular flexibility index (Phi) is 3.69. The molecule has 0 aromatic heterocycles. The molecule has 1 aromatic carbocycles. The smallest absolute Gasteiger partial charge is 0.337 e. The fraction of sp³-hybridized carbons (Fsp3) is 0.231. The van der Waals surface area contributed by atoms with Crippen LogP contribution in [0.4, 0.5) is 13.6 Å². The summed E-state index contributed by atoms with van der Waals surface area (Å²) in [6, 6.07) is 1.42. The first kappa shape index (κ1) is 14.0. The molecule has 2 amide bonds. The number of nitrogens with one attached hydrogen (secondary N) is 2. The van der Waals surface area contributed by atoms with Gasteiger partial charge in [0.1, 0.15) is 11.6 Å². The summed E-state index contributed by atoms with van der Waals surface area (Å²) < 4.78 is 32.3. The van der Waals surface area contributed by atoms with E-state index in [1.165, 1.54) is 13.0 Å². The third kappa shape index (κ3) is 2.34. The van der Waals surface area contributed by atoms with Crippen LogP contribution >= 0.6 is 0 Å². The van der Waals surface area contributed by atoms with Gasteiger partial charge in [-0.2, -0.15) is 0 Å². The van der Waals surface area contributed by atoms with Crippen LogP contribution in [0.5, 0.6) is 0 Å². The number of amides is 2. The van der Waals surface area contributed by atoms with Gasteiger partial charge in [-0.05, 0) is 19.1 Å². The van der Waals surface area contributed by atoms with E-state index in [4.69, 9.17) is 0 Å². The lowest BCUT2D eigenvalue weighted by Crippen LogP contribution is -2.45. The number of carbonyl (C=O) groups is 2. The lowest BCUT2D eigenvalue weighted by Gasteiger charge is -2.28. The zero-order valence-corrected chi connectivity index (χ0v) is 10.8. The summed E-state index contributed by atoms with van der Waals surface area (Å²) in [5, 5.41) is 4.69. The normalized spacial score (nSPS) is 18.4. The summed E-state index contributed by atoms with van der Waals surface area (Å²) in [7, 11) is 1.15. The molecule has 1 heterocycles. The van der Waals surface area contributed by atoms with E-state index in [1.807, 2.05) is 0 Å². The van der Waals surface area contributed by atoms with Gasteiger partial charge >= 0.3 is 12.0 Å². The van der Waals surface area contributed by atoms with Gasteiger partial charge in [0, 0.05) is 5.70 Å². The number of allylic oxidation sites excluding steroid dienone is 1. The number of carbonyl (C=O) groups excluding carboxylic acids is 2. The first-order chi connectivity index (χ1) is 9.45. The molecule has 1 aliphatic rings. The van der Waals surface area contributed by atoms with Gasteiger partial charge in [-0.1, -0.05) is 6.07 Å². The predicted octanol–water partition coefficient (Wildman–Crippen LogP) is 1.77. The largest absolute Gasteiger partial charge is 0.466 e. The molecule has 0 aliphatic carbocycles. The highest BCUT2D eigenvalue weighted by Crippen LogP contribution is 2.30. The number of methoxy groups -OCH3 is 1. The van der Waals surface area contributed by atoms with Gasteiger partial charge in [0.05, 0.1) is 24.3 Å². The summed E-state index contributed by atoms with van der Waals surface area (Å²) in [6.07, 6.45) is 0. The van der Waals surface area contributed by atoms with Crippen molar-refractivity contribution in [2.75, 3.05) is 7.11 Å². The first-order valence-electron chi connectivity index (χ1n) is 5.76. The van der Waals surface area contributed by atoms with Gasteiger partial charge < -0.3 is 15.4 Å². The highest BCUT2D eigenvalue weighted by Gasteiger charge is 2.35. The zero-order valence-electron chi connectivity index (χ0n) is 10.8. The van der Waals surface area contributed by atoms with Gasteiger partial charge in [-0.15, -0.1) is 0 Å². The monoisotopic (exact) mass is 282 g/mol. The number of ether oxygens (including phenoxy) is 1. The number of urea groups is 1. The Bertz CT molecular complexity index is 593. The molecule has 0 radical (unpaired) electrons. The van der Waals surface area contributed by atoms with Gasteiger partial charge in [0.25, 0.3) is 0 Å². The molecular weight excluding hydrogens is 270 g/mol. The molecule has 106 valence electrons. The summed E-state index contributed by atoms with van der Waals surface area (Å²) >= 11 is 0. The highest BCUT2D eigenvalue weighted by molar-refractivity contribution is 5.94. The van der Waals surface area contributed by atoms with Gasteiger partial charge in [0.2, 0.25) is 0 Å². The summed E-state index contributed by atoms with van der Waals surface area (Å²) in [5.74, 6) is -2.49. The Balaban J connectivity index is 2.60. The molecule has 0 fully saturated rings. The number of halogens is 2. The number of esters is 1. The topological polar surface area (TPSA) is 67.4 Å². The lowest BCUT2D eigenvalue weighted by molar-refractivity contribution is -0.136. The van der Waals surface area contributed by atoms with Crippen LogP contribution in [0.1, 0.15) is 18.5 Å². The van der Waals surface area contributed by atoms with Crippen molar-refractivity contribution < 1.29 is 23.1 Å². The highest BCUT2D eigenvalue weighted by atomic mass is 19.1. The third-order valence-corrected chi connectivity index (χ3v) is 2.96. The van der Waals surface area contributed by atoms with Crippen molar-refractivity contribution in [2.24, 2.45) is 0 Å². The third-order valence-electron chi connectivity index (χ3n) is 2.96. The summed E-state index contributed by atoms with van der Waals surface area (Å²) in [6.45, 7) is 1.46. The van der Waals surface area contributed by atoms with Crippen LogP contribution in [0.3, 0.4) is 0 Å². The van der Waals surface area contributed by atoms with E-state index in [1.54, 1.807) is 0 Å². The minimum absolute atomic E-state index is 0.0453.